The zero-order chi connectivity index (χ0) is 23.1. The Hall–Kier alpha value is -2.63. The molecule has 0 spiro atoms. The number of hydrogen-bond acceptors (Lipinski definition) is 7. The number of hydrazone groups is 1. The molecule has 0 atom stereocenters. The standard InChI is InChI=1S/C21H17Cl2IN4O4/c1-2-31-19-10-14(11-26-27-21-18(28(29)30)4-3-7-25-21)9-17(24)20(19)32-12-13-5-6-15(22)16(23)8-13/h3-11H,2,12H2,1H3,(H,25,27)/b26-11-. The van der Waals surface area contributed by atoms with Crippen molar-refractivity contribution < 1.29 is 14.4 Å². The highest BCUT2D eigenvalue weighted by molar-refractivity contribution is 14.1. The number of nitrogens with zero attached hydrogens (tertiary/aromatic N) is 3. The molecule has 1 heterocycles. The van der Waals surface area contributed by atoms with Gasteiger partial charge in [-0.05, 0) is 71.0 Å². The first-order valence-electron chi connectivity index (χ1n) is 9.30. The number of benzene rings is 2. The van der Waals surface area contributed by atoms with Crippen molar-refractivity contribution in [3.05, 3.63) is 83.5 Å². The van der Waals surface area contributed by atoms with Crippen LogP contribution >= 0.6 is 45.8 Å². The lowest BCUT2D eigenvalue weighted by molar-refractivity contribution is -0.384. The summed E-state index contributed by atoms with van der Waals surface area (Å²) in [5.41, 5.74) is 4.02. The van der Waals surface area contributed by atoms with Crippen molar-refractivity contribution in [3.8, 4) is 11.5 Å². The molecule has 0 radical (unpaired) electrons. The third-order valence-electron chi connectivity index (χ3n) is 4.07. The van der Waals surface area contributed by atoms with E-state index in [1.165, 1.54) is 24.5 Å². The molecule has 8 nitrogen and oxygen atoms in total. The molecule has 0 unspecified atom stereocenters. The average Bonchev–Trinajstić information content (AvgIpc) is 2.76. The van der Waals surface area contributed by atoms with E-state index in [1.807, 2.05) is 19.1 Å². The van der Waals surface area contributed by atoms with Gasteiger partial charge >= 0.3 is 5.69 Å². The summed E-state index contributed by atoms with van der Waals surface area (Å²) in [6.07, 6.45) is 2.97. The van der Waals surface area contributed by atoms with Crippen molar-refractivity contribution in [1.29, 1.82) is 0 Å². The van der Waals surface area contributed by atoms with E-state index in [4.69, 9.17) is 32.7 Å². The zero-order valence-electron chi connectivity index (χ0n) is 16.7. The van der Waals surface area contributed by atoms with Crippen molar-refractivity contribution in [3.63, 3.8) is 0 Å². The van der Waals surface area contributed by atoms with Gasteiger partial charge in [0.2, 0.25) is 5.82 Å². The summed E-state index contributed by atoms with van der Waals surface area (Å²) in [4.78, 5) is 14.5. The number of hydrogen-bond donors (Lipinski definition) is 1. The van der Waals surface area contributed by atoms with Gasteiger partial charge in [-0.25, -0.2) is 4.98 Å². The van der Waals surface area contributed by atoms with Crippen LogP contribution < -0.4 is 14.9 Å². The van der Waals surface area contributed by atoms with Crippen LogP contribution in [-0.2, 0) is 6.61 Å². The Bertz CT molecular complexity index is 1160. The van der Waals surface area contributed by atoms with E-state index >= 15 is 0 Å². The third-order valence-corrected chi connectivity index (χ3v) is 5.61. The van der Waals surface area contributed by atoms with Crippen molar-refractivity contribution in [2.75, 3.05) is 12.0 Å². The number of pyridine rings is 1. The summed E-state index contributed by atoms with van der Waals surface area (Å²) in [6.45, 7) is 2.60. The molecule has 3 aromatic rings. The molecule has 11 heteroatoms. The van der Waals surface area contributed by atoms with Crippen molar-refractivity contribution >= 4 is 63.5 Å². The van der Waals surface area contributed by atoms with Crippen LogP contribution in [0.3, 0.4) is 0 Å². The summed E-state index contributed by atoms with van der Waals surface area (Å²) in [6, 6.07) is 11.8. The topological polar surface area (TPSA) is 98.9 Å². The molecule has 2 aromatic carbocycles. The smallest absolute Gasteiger partial charge is 0.313 e. The maximum atomic E-state index is 11.1. The van der Waals surface area contributed by atoms with Crippen LogP contribution in [0.1, 0.15) is 18.1 Å². The van der Waals surface area contributed by atoms with Gasteiger partial charge in [0.1, 0.15) is 6.61 Å². The van der Waals surface area contributed by atoms with Crippen LogP contribution in [0.25, 0.3) is 0 Å². The van der Waals surface area contributed by atoms with Gasteiger partial charge in [0, 0.05) is 12.3 Å². The summed E-state index contributed by atoms with van der Waals surface area (Å²) in [5.74, 6) is 1.18. The monoisotopic (exact) mass is 586 g/mol. The highest BCUT2D eigenvalue weighted by Crippen LogP contribution is 2.35. The van der Waals surface area contributed by atoms with Crippen LogP contribution in [0.4, 0.5) is 11.5 Å². The number of nitro groups is 1. The van der Waals surface area contributed by atoms with Crippen LogP contribution in [0.5, 0.6) is 11.5 Å². The molecule has 0 saturated heterocycles. The fourth-order valence-corrected chi connectivity index (χ4v) is 3.75. The first-order chi connectivity index (χ1) is 15.4. The number of ether oxygens (including phenoxy) is 2. The number of rotatable bonds is 9. The molecule has 0 aliphatic carbocycles. The van der Waals surface area contributed by atoms with Crippen molar-refractivity contribution in [2.45, 2.75) is 13.5 Å². The zero-order valence-corrected chi connectivity index (χ0v) is 20.4. The Balaban J connectivity index is 1.78. The quantitative estimate of drug-likeness (QED) is 0.136. The lowest BCUT2D eigenvalue weighted by Gasteiger charge is -2.15. The number of nitrogens with one attached hydrogen (secondary N) is 1. The summed E-state index contributed by atoms with van der Waals surface area (Å²) < 4.78 is 12.5. The molecule has 0 aliphatic heterocycles. The van der Waals surface area contributed by atoms with Gasteiger partial charge in [0.25, 0.3) is 0 Å². The van der Waals surface area contributed by atoms with E-state index in [1.54, 1.807) is 18.2 Å². The van der Waals surface area contributed by atoms with Gasteiger partial charge in [0.05, 0.1) is 31.4 Å². The molecule has 0 saturated carbocycles. The second kappa shape index (κ2) is 11.3. The second-order valence-corrected chi connectivity index (χ2v) is 8.27. The molecular weight excluding hydrogens is 570 g/mol. The molecule has 32 heavy (non-hydrogen) atoms. The molecular formula is C21H17Cl2IN4O4. The van der Waals surface area contributed by atoms with Gasteiger partial charge in [-0.3, -0.25) is 15.5 Å². The number of halogens is 3. The SMILES string of the molecule is CCOc1cc(/C=N\Nc2ncccc2[N+](=O)[O-])cc(I)c1OCc1ccc(Cl)c(Cl)c1. The summed E-state index contributed by atoms with van der Waals surface area (Å²) >= 11 is 14.2. The van der Waals surface area contributed by atoms with Gasteiger partial charge < -0.3 is 9.47 Å². The molecule has 1 aromatic heterocycles. The average molecular weight is 587 g/mol. The summed E-state index contributed by atoms with van der Waals surface area (Å²) in [7, 11) is 0. The fraction of sp³-hybridized carbons (Fsp3) is 0.143. The Morgan fingerprint density at radius 2 is 2.03 bits per heavy atom. The minimum Gasteiger partial charge on any atom is -0.490 e. The minimum absolute atomic E-state index is 0.0510. The van der Waals surface area contributed by atoms with Crippen LogP contribution in [0, 0.1) is 13.7 Å². The number of anilines is 1. The number of aromatic nitrogens is 1. The highest BCUT2D eigenvalue weighted by atomic mass is 127. The van der Waals surface area contributed by atoms with E-state index in [0.29, 0.717) is 33.7 Å². The molecule has 0 fully saturated rings. The van der Waals surface area contributed by atoms with E-state index in [9.17, 15) is 10.1 Å². The first-order valence-corrected chi connectivity index (χ1v) is 11.1. The predicted octanol–water partition coefficient (Wildman–Crippen LogP) is 6.32. The minimum atomic E-state index is -0.527. The molecule has 0 aliphatic rings. The van der Waals surface area contributed by atoms with Crippen molar-refractivity contribution in [1.82, 2.24) is 4.98 Å². The first kappa shape index (κ1) is 24.0. The van der Waals surface area contributed by atoms with Gasteiger partial charge in [0.15, 0.2) is 11.5 Å². The molecule has 3 rings (SSSR count). The molecule has 1 N–H and O–H groups in total. The molecule has 0 bridgehead atoms. The summed E-state index contributed by atoms with van der Waals surface area (Å²) in [5, 5.41) is 16.1. The Morgan fingerprint density at radius 3 is 2.75 bits per heavy atom. The normalized spacial score (nSPS) is 10.9. The molecule has 166 valence electrons. The van der Waals surface area contributed by atoms with E-state index in [0.717, 1.165) is 9.13 Å². The van der Waals surface area contributed by atoms with E-state index < -0.39 is 4.92 Å². The van der Waals surface area contributed by atoms with Crippen LogP contribution in [-0.4, -0.2) is 22.7 Å². The third kappa shape index (κ3) is 6.21. The maximum Gasteiger partial charge on any atom is 0.313 e. The van der Waals surface area contributed by atoms with Crippen LogP contribution in [0.15, 0.2) is 53.8 Å². The van der Waals surface area contributed by atoms with E-state index in [2.05, 4.69) is 38.1 Å². The largest absolute Gasteiger partial charge is 0.490 e. The van der Waals surface area contributed by atoms with E-state index in [-0.39, 0.29) is 18.1 Å². The van der Waals surface area contributed by atoms with Crippen LogP contribution in [0.2, 0.25) is 10.0 Å². The highest BCUT2D eigenvalue weighted by Gasteiger charge is 2.14. The van der Waals surface area contributed by atoms with Gasteiger partial charge in [-0.2, -0.15) is 5.10 Å². The fourth-order valence-electron chi connectivity index (χ4n) is 2.65. The van der Waals surface area contributed by atoms with Gasteiger partial charge in [-0.1, -0.05) is 29.3 Å². The lowest BCUT2D eigenvalue weighted by atomic mass is 10.2. The Kier molecular flexibility index (Phi) is 8.48. The van der Waals surface area contributed by atoms with Crippen molar-refractivity contribution in [2.24, 2.45) is 5.10 Å². The Labute approximate surface area is 207 Å². The molecule has 0 amide bonds. The second-order valence-electron chi connectivity index (χ2n) is 6.30. The lowest BCUT2D eigenvalue weighted by Crippen LogP contribution is -2.03. The predicted molar refractivity (Wildman–Crippen MR) is 133 cm³/mol. The van der Waals surface area contributed by atoms with Gasteiger partial charge in [-0.15, -0.1) is 0 Å². The Morgan fingerprint density at radius 1 is 1.22 bits per heavy atom. The maximum absolute atomic E-state index is 11.1.